The molecule has 22 heavy (non-hydrogen) atoms. The summed E-state index contributed by atoms with van der Waals surface area (Å²) >= 11 is 0. The first-order valence-electron chi connectivity index (χ1n) is 6.89. The molecule has 116 valence electrons. The van der Waals surface area contributed by atoms with E-state index in [4.69, 9.17) is 14.6 Å². The predicted molar refractivity (Wildman–Crippen MR) is 80.7 cm³/mol. The number of hydrogen-bond donors (Lipinski definition) is 1. The average molecular weight is 302 g/mol. The van der Waals surface area contributed by atoms with Gasteiger partial charge in [0.2, 0.25) is 5.78 Å². The number of carbonyl (C=O) groups excluding carboxylic acids is 2. The minimum Gasteiger partial charge on any atom is -0.466 e. The first-order chi connectivity index (χ1) is 10.5. The fraction of sp³-hybridized carbons (Fsp3) is 0.294. The lowest BCUT2D eigenvalue weighted by molar-refractivity contribution is -0.163. The van der Waals surface area contributed by atoms with Gasteiger partial charge in [-0.15, -0.1) is 0 Å². The van der Waals surface area contributed by atoms with Crippen LogP contribution in [-0.4, -0.2) is 36.2 Å². The van der Waals surface area contributed by atoms with Gasteiger partial charge in [0.1, 0.15) is 5.76 Å². The van der Waals surface area contributed by atoms with Crippen molar-refractivity contribution in [1.29, 1.82) is 0 Å². The van der Waals surface area contributed by atoms with Crippen molar-refractivity contribution in [1.82, 2.24) is 0 Å². The Morgan fingerprint density at radius 1 is 1.36 bits per heavy atom. The molecular formula is C17H18O5. The van der Waals surface area contributed by atoms with Crippen LogP contribution < -0.4 is 0 Å². The molecule has 0 amide bonds. The third-order valence-electron chi connectivity index (χ3n) is 3.51. The van der Waals surface area contributed by atoms with Crippen molar-refractivity contribution < 1.29 is 24.2 Å². The second-order valence-electron chi connectivity index (χ2n) is 5.07. The van der Waals surface area contributed by atoms with Gasteiger partial charge in [-0.1, -0.05) is 42.0 Å². The van der Waals surface area contributed by atoms with Gasteiger partial charge in [-0.25, -0.2) is 4.79 Å². The summed E-state index contributed by atoms with van der Waals surface area (Å²) in [4.78, 5) is 24.5. The van der Waals surface area contributed by atoms with Crippen molar-refractivity contribution in [2.45, 2.75) is 18.9 Å². The van der Waals surface area contributed by atoms with Gasteiger partial charge in [0.25, 0.3) is 5.60 Å². The molecule has 0 radical (unpaired) electrons. The highest BCUT2D eigenvalue weighted by Gasteiger charge is 2.52. The number of hydrogen-bond acceptors (Lipinski definition) is 5. The minimum absolute atomic E-state index is 0.0116. The SMILES string of the molecule is COC(=O)C1(C/C=C(\C)CO)OC(c2ccccc2)=CC1=O. The molecule has 1 N–H and O–H groups in total. The normalized spacial score (nSPS) is 21.3. The van der Waals surface area contributed by atoms with Crippen LogP contribution in [0.4, 0.5) is 0 Å². The molecule has 1 unspecified atom stereocenters. The van der Waals surface area contributed by atoms with Crippen LogP contribution in [0.15, 0.2) is 48.1 Å². The molecule has 2 rings (SSSR count). The Bertz CT molecular complexity index is 630. The second kappa shape index (κ2) is 6.58. The van der Waals surface area contributed by atoms with Crippen molar-refractivity contribution in [3.63, 3.8) is 0 Å². The summed E-state index contributed by atoms with van der Waals surface area (Å²) in [6.45, 7) is 1.56. The summed E-state index contributed by atoms with van der Waals surface area (Å²) in [6, 6.07) is 9.07. The highest BCUT2D eigenvalue weighted by Crippen LogP contribution is 2.35. The van der Waals surface area contributed by atoms with Gasteiger partial charge < -0.3 is 14.6 Å². The first-order valence-corrected chi connectivity index (χ1v) is 6.89. The monoisotopic (exact) mass is 302 g/mol. The standard InChI is InChI=1S/C17H18O5/c1-12(11-18)8-9-17(16(20)21-2)15(19)10-14(22-17)13-6-4-3-5-7-13/h3-8,10,18H,9,11H2,1-2H3/b12-8+. The molecule has 1 aliphatic rings. The first kappa shape index (κ1) is 16.0. The summed E-state index contributed by atoms with van der Waals surface area (Å²) in [6.07, 6.45) is 2.93. The van der Waals surface area contributed by atoms with Gasteiger partial charge in [-0.3, -0.25) is 4.79 Å². The number of methoxy groups -OCH3 is 1. The van der Waals surface area contributed by atoms with Gasteiger partial charge in [0.15, 0.2) is 0 Å². The molecule has 0 fully saturated rings. The van der Waals surface area contributed by atoms with E-state index in [1.54, 1.807) is 25.1 Å². The van der Waals surface area contributed by atoms with Crippen molar-refractivity contribution in [2.75, 3.05) is 13.7 Å². The fourth-order valence-corrected chi connectivity index (χ4v) is 2.16. The van der Waals surface area contributed by atoms with Gasteiger partial charge in [0.05, 0.1) is 13.7 Å². The van der Waals surface area contributed by atoms with Crippen LogP contribution in [0.2, 0.25) is 0 Å². The van der Waals surface area contributed by atoms with E-state index in [-0.39, 0.29) is 13.0 Å². The van der Waals surface area contributed by atoms with E-state index in [0.29, 0.717) is 16.9 Å². The molecule has 5 nitrogen and oxygen atoms in total. The van der Waals surface area contributed by atoms with E-state index < -0.39 is 17.4 Å². The molecule has 1 aromatic rings. The molecule has 1 aromatic carbocycles. The van der Waals surface area contributed by atoms with Crippen molar-refractivity contribution >= 4 is 17.5 Å². The van der Waals surface area contributed by atoms with Crippen molar-refractivity contribution in [3.8, 4) is 0 Å². The molecule has 0 aromatic heterocycles. The van der Waals surface area contributed by atoms with E-state index in [1.807, 2.05) is 18.2 Å². The maximum atomic E-state index is 12.4. The smallest absolute Gasteiger partial charge is 0.358 e. The Morgan fingerprint density at radius 2 is 2.05 bits per heavy atom. The molecular weight excluding hydrogens is 284 g/mol. The highest BCUT2D eigenvalue weighted by atomic mass is 16.6. The van der Waals surface area contributed by atoms with Crippen LogP contribution in [0.5, 0.6) is 0 Å². The van der Waals surface area contributed by atoms with E-state index in [9.17, 15) is 9.59 Å². The lowest BCUT2D eigenvalue weighted by atomic mass is 9.94. The zero-order chi connectivity index (χ0) is 16.2. The third kappa shape index (κ3) is 2.94. The Labute approximate surface area is 128 Å². The molecule has 1 aliphatic heterocycles. The van der Waals surface area contributed by atoms with Gasteiger partial charge in [-0.05, 0) is 6.92 Å². The number of carbonyl (C=O) groups is 2. The van der Waals surface area contributed by atoms with Crippen LogP contribution in [0, 0.1) is 0 Å². The number of ether oxygens (including phenoxy) is 2. The molecule has 1 atom stereocenters. The number of rotatable bonds is 5. The molecule has 0 aliphatic carbocycles. The molecule has 0 spiro atoms. The van der Waals surface area contributed by atoms with Crippen molar-refractivity contribution in [3.05, 3.63) is 53.6 Å². The molecule has 5 heteroatoms. The number of esters is 1. The molecule has 0 bridgehead atoms. The summed E-state index contributed by atoms with van der Waals surface area (Å²) in [5, 5.41) is 9.06. The van der Waals surface area contributed by atoms with Crippen molar-refractivity contribution in [2.24, 2.45) is 0 Å². The Kier molecular flexibility index (Phi) is 4.78. The number of aliphatic hydroxyl groups is 1. The van der Waals surface area contributed by atoms with Crippen LogP contribution in [-0.2, 0) is 19.1 Å². The molecule has 1 heterocycles. The Morgan fingerprint density at radius 3 is 2.64 bits per heavy atom. The number of aliphatic hydroxyl groups excluding tert-OH is 1. The summed E-state index contributed by atoms with van der Waals surface area (Å²) < 4.78 is 10.5. The predicted octanol–water partition coefficient (Wildman–Crippen LogP) is 1.87. The van der Waals surface area contributed by atoms with Gasteiger partial charge >= 0.3 is 5.97 Å². The van der Waals surface area contributed by atoms with E-state index in [2.05, 4.69) is 0 Å². The zero-order valence-corrected chi connectivity index (χ0v) is 12.5. The minimum atomic E-state index is -1.71. The fourth-order valence-electron chi connectivity index (χ4n) is 2.16. The second-order valence-corrected chi connectivity index (χ2v) is 5.07. The van der Waals surface area contributed by atoms with E-state index >= 15 is 0 Å². The summed E-state index contributed by atoms with van der Waals surface area (Å²) in [7, 11) is 1.21. The van der Waals surface area contributed by atoms with E-state index in [1.165, 1.54) is 13.2 Å². The topological polar surface area (TPSA) is 72.8 Å². The number of benzene rings is 1. The highest BCUT2D eigenvalue weighted by molar-refractivity contribution is 6.17. The molecule has 0 saturated heterocycles. The molecule has 0 saturated carbocycles. The maximum absolute atomic E-state index is 12.4. The van der Waals surface area contributed by atoms with Crippen LogP contribution >= 0.6 is 0 Å². The van der Waals surface area contributed by atoms with Gasteiger partial charge in [-0.2, -0.15) is 0 Å². The lowest BCUT2D eigenvalue weighted by Gasteiger charge is -2.24. The third-order valence-corrected chi connectivity index (χ3v) is 3.51. The van der Waals surface area contributed by atoms with E-state index in [0.717, 1.165) is 0 Å². The maximum Gasteiger partial charge on any atom is 0.358 e. The quantitative estimate of drug-likeness (QED) is 0.510. The summed E-state index contributed by atoms with van der Waals surface area (Å²) in [5.74, 6) is -0.868. The van der Waals surface area contributed by atoms with Crippen LogP contribution in [0.25, 0.3) is 5.76 Å². The Hall–Kier alpha value is -2.40. The zero-order valence-electron chi connectivity index (χ0n) is 12.5. The summed E-state index contributed by atoms with van der Waals surface area (Å²) in [5.41, 5.74) is -0.353. The van der Waals surface area contributed by atoms with Crippen LogP contribution in [0.1, 0.15) is 18.9 Å². The average Bonchev–Trinajstić information content (AvgIpc) is 2.90. The lowest BCUT2D eigenvalue weighted by Crippen LogP contribution is -2.45. The largest absolute Gasteiger partial charge is 0.466 e. The Balaban J connectivity index is 2.33. The van der Waals surface area contributed by atoms with Crippen LogP contribution in [0.3, 0.4) is 0 Å². The van der Waals surface area contributed by atoms with Gasteiger partial charge in [0, 0.05) is 18.1 Å². The number of ketones is 1.